The van der Waals surface area contributed by atoms with Crippen LogP contribution >= 0.6 is 0 Å². The fraction of sp³-hybridized carbons (Fsp3) is 0.480. The molecule has 3 fully saturated rings. The molecule has 0 aromatic heterocycles. The summed E-state index contributed by atoms with van der Waals surface area (Å²) in [6, 6.07) is 17.4. The van der Waals surface area contributed by atoms with E-state index < -0.39 is 0 Å². The Bertz CT molecular complexity index is 887. The summed E-state index contributed by atoms with van der Waals surface area (Å²) < 4.78 is 0. The fourth-order valence-corrected chi connectivity index (χ4v) is 5.78. The molecule has 0 radical (unpaired) electrons. The Morgan fingerprint density at radius 1 is 0.931 bits per heavy atom. The molecule has 0 spiro atoms. The highest BCUT2D eigenvalue weighted by molar-refractivity contribution is 5.94. The van der Waals surface area contributed by atoms with Crippen LogP contribution in [0.1, 0.15) is 40.4 Å². The Hall–Kier alpha value is -2.33. The lowest BCUT2D eigenvalue weighted by Gasteiger charge is -2.28. The van der Waals surface area contributed by atoms with Crippen LogP contribution in [0.4, 0.5) is 5.69 Å². The fourth-order valence-electron chi connectivity index (χ4n) is 5.78. The van der Waals surface area contributed by atoms with Crippen LogP contribution in [-0.4, -0.2) is 55.5 Å². The van der Waals surface area contributed by atoms with Crippen molar-refractivity contribution in [1.82, 2.24) is 9.80 Å². The molecular formula is C25H31N3O. The van der Waals surface area contributed by atoms with Gasteiger partial charge in [-0.2, -0.15) is 0 Å². The Morgan fingerprint density at radius 3 is 2.38 bits per heavy atom. The summed E-state index contributed by atoms with van der Waals surface area (Å²) in [5.74, 6) is 1.28. The first-order chi connectivity index (χ1) is 14.1. The molecule has 0 bridgehead atoms. The Morgan fingerprint density at radius 2 is 1.66 bits per heavy atom. The number of hydrogen-bond acceptors (Lipinski definition) is 3. The molecule has 3 aliphatic rings. The third-order valence-corrected chi connectivity index (χ3v) is 7.27. The maximum absolute atomic E-state index is 13.2. The minimum absolute atomic E-state index is 0.193. The van der Waals surface area contributed by atoms with Crippen molar-refractivity contribution in [3.8, 4) is 0 Å². The predicted molar refractivity (Wildman–Crippen MR) is 117 cm³/mol. The molecule has 152 valence electrons. The largest absolute Gasteiger partial charge is 0.372 e. The SMILES string of the molecule is Cc1ccccc1[C@@H]1[C@@H]2CN(C(=O)c3ccc(N4CCCC4)cc3)C[C@@H]2CN1C. The molecule has 0 unspecified atom stereocenters. The smallest absolute Gasteiger partial charge is 0.253 e. The highest BCUT2D eigenvalue weighted by Crippen LogP contribution is 2.45. The second-order valence-corrected chi connectivity index (χ2v) is 9.12. The van der Waals surface area contributed by atoms with Crippen molar-refractivity contribution in [2.45, 2.75) is 25.8 Å². The summed E-state index contributed by atoms with van der Waals surface area (Å²) >= 11 is 0. The van der Waals surface area contributed by atoms with Crippen molar-refractivity contribution in [2.24, 2.45) is 11.8 Å². The van der Waals surface area contributed by atoms with Gasteiger partial charge in [0, 0.05) is 55.9 Å². The third-order valence-electron chi connectivity index (χ3n) is 7.27. The first kappa shape index (κ1) is 18.7. The van der Waals surface area contributed by atoms with E-state index in [1.165, 1.54) is 29.7 Å². The minimum Gasteiger partial charge on any atom is -0.372 e. The minimum atomic E-state index is 0.193. The summed E-state index contributed by atoms with van der Waals surface area (Å²) in [4.78, 5) is 20.2. The van der Waals surface area contributed by atoms with Gasteiger partial charge < -0.3 is 9.80 Å². The Labute approximate surface area is 174 Å². The average Bonchev–Trinajstić information content (AvgIpc) is 3.45. The van der Waals surface area contributed by atoms with Gasteiger partial charge in [-0.25, -0.2) is 0 Å². The molecule has 2 aromatic carbocycles. The van der Waals surface area contributed by atoms with Gasteiger partial charge in [-0.15, -0.1) is 0 Å². The van der Waals surface area contributed by atoms with E-state index in [1.54, 1.807) is 0 Å². The van der Waals surface area contributed by atoms with Gasteiger partial charge in [0.2, 0.25) is 0 Å². The van der Waals surface area contributed by atoms with Crippen LogP contribution in [0.15, 0.2) is 48.5 Å². The molecule has 3 aliphatic heterocycles. The van der Waals surface area contributed by atoms with Crippen LogP contribution < -0.4 is 4.90 Å². The lowest BCUT2D eigenvalue weighted by Crippen LogP contribution is -2.33. The van der Waals surface area contributed by atoms with Gasteiger partial charge in [-0.05, 0) is 68.1 Å². The van der Waals surface area contributed by atoms with E-state index in [2.05, 4.69) is 65.1 Å². The van der Waals surface area contributed by atoms with Gasteiger partial charge in [-0.3, -0.25) is 9.69 Å². The number of anilines is 1. The van der Waals surface area contributed by atoms with Crippen molar-refractivity contribution in [2.75, 3.05) is 44.7 Å². The molecular weight excluding hydrogens is 358 g/mol. The maximum atomic E-state index is 13.2. The van der Waals surface area contributed by atoms with E-state index in [0.29, 0.717) is 17.9 Å². The summed E-state index contributed by atoms with van der Waals surface area (Å²) in [6.07, 6.45) is 2.54. The zero-order chi connectivity index (χ0) is 20.0. The zero-order valence-corrected chi connectivity index (χ0v) is 17.6. The van der Waals surface area contributed by atoms with Crippen LogP contribution in [0, 0.1) is 18.8 Å². The van der Waals surface area contributed by atoms with Gasteiger partial charge in [0.25, 0.3) is 5.91 Å². The quantitative estimate of drug-likeness (QED) is 0.795. The zero-order valence-electron chi connectivity index (χ0n) is 17.6. The topological polar surface area (TPSA) is 26.8 Å². The average molecular weight is 390 g/mol. The molecule has 3 heterocycles. The van der Waals surface area contributed by atoms with E-state index in [-0.39, 0.29) is 5.91 Å². The summed E-state index contributed by atoms with van der Waals surface area (Å²) in [5, 5.41) is 0. The molecule has 29 heavy (non-hydrogen) atoms. The molecule has 3 saturated heterocycles. The number of carbonyl (C=O) groups excluding carboxylic acids is 1. The number of aryl methyl sites for hydroxylation is 1. The predicted octanol–water partition coefficient (Wildman–Crippen LogP) is 3.97. The number of carbonyl (C=O) groups is 1. The van der Waals surface area contributed by atoms with Crippen molar-refractivity contribution in [3.05, 3.63) is 65.2 Å². The molecule has 0 aliphatic carbocycles. The highest BCUT2D eigenvalue weighted by atomic mass is 16.2. The van der Waals surface area contributed by atoms with Crippen molar-refractivity contribution in [3.63, 3.8) is 0 Å². The number of hydrogen-bond donors (Lipinski definition) is 0. The third kappa shape index (κ3) is 3.33. The Kier molecular flexibility index (Phi) is 4.83. The van der Waals surface area contributed by atoms with Gasteiger partial charge in [0.05, 0.1) is 0 Å². The van der Waals surface area contributed by atoms with Crippen molar-refractivity contribution in [1.29, 1.82) is 0 Å². The van der Waals surface area contributed by atoms with Gasteiger partial charge in [0.1, 0.15) is 0 Å². The second kappa shape index (κ2) is 7.49. The number of likely N-dealkylation sites (tertiary alicyclic amines) is 2. The van der Waals surface area contributed by atoms with Gasteiger partial charge in [-0.1, -0.05) is 24.3 Å². The second-order valence-electron chi connectivity index (χ2n) is 9.12. The molecule has 2 aromatic rings. The molecule has 4 nitrogen and oxygen atoms in total. The van der Waals surface area contributed by atoms with Crippen LogP contribution in [-0.2, 0) is 0 Å². The number of benzene rings is 2. The number of amides is 1. The van der Waals surface area contributed by atoms with Gasteiger partial charge in [0.15, 0.2) is 0 Å². The molecule has 1 amide bonds. The number of rotatable bonds is 3. The number of nitrogens with zero attached hydrogens (tertiary/aromatic N) is 3. The normalized spacial score (nSPS) is 26.9. The van der Waals surface area contributed by atoms with Crippen LogP contribution in [0.25, 0.3) is 0 Å². The molecule has 0 saturated carbocycles. The first-order valence-corrected chi connectivity index (χ1v) is 11.0. The van der Waals surface area contributed by atoms with Crippen molar-refractivity contribution < 1.29 is 4.79 Å². The van der Waals surface area contributed by atoms with Crippen LogP contribution in [0.2, 0.25) is 0 Å². The maximum Gasteiger partial charge on any atom is 0.253 e. The highest BCUT2D eigenvalue weighted by Gasteiger charge is 2.47. The molecule has 4 heteroatoms. The van der Waals surface area contributed by atoms with Crippen LogP contribution in [0.5, 0.6) is 0 Å². The monoisotopic (exact) mass is 389 g/mol. The van der Waals surface area contributed by atoms with E-state index >= 15 is 0 Å². The summed E-state index contributed by atoms with van der Waals surface area (Å²) in [7, 11) is 2.23. The lowest BCUT2D eigenvalue weighted by molar-refractivity contribution is 0.0768. The summed E-state index contributed by atoms with van der Waals surface area (Å²) in [6.45, 7) is 7.29. The summed E-state index contributed by atoms with van der Waals surface area (Å²) in [5.41, 5.74) is 4.85. The molecule has 5 rings (SSSR count). The number of fused-ring (bicyclic) bond motifs is 1. The van der Waals surface area contributed by atoms with E-state index in [1.807, 2.05) is 12.1 Å². The van der Waals surface area contributed by atoms with E-state index in [9.17, 15) is 4.79 Å². The van der Waals surface area contributed by atoms with Crippen molar-refractivity contribution >= 4 is 11.6 Å². The van der Waals surface area contributed by atoms with Gasteiger partial charge >= 0.3 is 0 Å². The van der Waals surface area contributed by atoms with E-state index in [4.69, 9.17) is 0 Å². The van der Waals surface area contributed by atoms with E-state index in [0.717, 1.165) is 38.3 Å². The standard InChI is InChI=1S/C25H31N3O/c1-18-7-3-4-8-22(18)24-23-17-28(16-20(23)15-26(24)2)25(29)19-9-11-21(12-10-19)27-13-5-6-14-27/h3-4,7-12,20,23-24H,5-6,13-17H2,1-2H3/t20-,23+,24+/m0/s1. The molecule has 0 N–H and O–H groups in total. The lowest BCUT2D eigenvalue weighted by atomic mass is 9.88. The first-order valence-electron chi connectivity index (χ1n) is 11.0. The molecule has 3 atom stereocenters. The van der Waals surface area contributed by atoms with Crippen LogP contribution in [0.3, 0.4) is 0 Å². The Balaban J connectivity index is 1.31.